The Labute approximate surface area is 89.8 Å². The highest BCUT2D eigenvalue weighted by atomic mass is 79.9. The van der Waals surface area contributed by atoms with Crippen LogP contribution in [0.4, 0.5) is 4.39 Å². The summed E-state index contributed by atoms with van der Waals surface area (Å²) >= 11 is 4.75. The Balaban J connectivity index is 3.13. The lowest BCUT2D eigenvalue weighted by Gasteiger charge is -2.07. The van der Waals surface area contributed by atoms with E-state index in [-0.39, 0.29) is 5.82 Å². The number of hydrogen-bond acceptors (Lipinski definition) is 2. The average molecular weight is 265 g/mol. The Morgan fingerprint density at radius 3 is 2.77 bits per heavy atom. The Kier molecular flexibility index (Phi) is 4.06. The summed E-state index contributed by atoms with van der Waals surface area (Å²) in [6.07, 6.45) is 0. The van der Waals surface area contributed by atoms with Gasteiger partial charge in [-0.15, -0.1) is 11.8 Å². The lowest BCUT2D eigenvalue weighted by atomic mass is 10.3. The predicted molar refractivity (Wildman–Crippen MR) is 57.1 cm³/mol. The van der Waals surface area contributed by atoms with Crippen molar-refractivity contribution in [3.63, 3.8) is 0 Å². The minimum absolute atomic E-state index is 0.288. The Bertz CT molecular complexity index is 304. The van der Waals surface area contributed by atoms with E-state index < -0.39 is 0 Å². The number of methoxy groups -OCH3 is 1. The molecule has 0 N–H and O–H groups in total. The topological polar surface area (TPSA) is 9.23 Å². The maximum absolute atomic E-state index is 13.5. The number of hydrogen-bond donors (Lipinski definition) is 0. The lowest BCUT2D eigenvalue weighted by molar-refractivity contribution is 0.381. The number of halogens is 2. The number of benzene rings is 1. The summed E-state index contributed by atoms with van der Waals surface area (Å²) in [6.45, 7) is 1.98. The van der Waals surface area contributed by atoms with Crippen LogP contribution in [0, 0.1) is 5.82 Å². The number of rotatable bonds is 3. The first-order chi connectivity index (χ1) is 6.20. The van der Waals surface area contributed by atoms with Crippen LogP contribution in [0.5, 0.6) is 5.75 Å². The van der Waals surface area contributed by atoms with E-state index >= 15 is 0 Å². The Morgan fingerprint density at radius 2 is 2.23 bits per heavy atom. The standard InChI is InChI=1S/C9H10BrFOS/c1-3-13-9-6(10)4-5-7(12-2)8(9)11/h4-5H,3H2,1-2H3. The van der Waals surface area contributed by atoms with Gasteiger partial charge in [0.2, 0.25) is 0 Å². The monoisotopic (exact) mass is 264 g/mol. The first kappa shape index (κ1) is 10.9. The molecule has 0 spiro atoms. The molecule has 13 heavy (non-hydrogen) atoms. The molecule has 1 nitrogen and oxygen atoms in total. The molecule has 1 rings (SSSR count). The smallest absolute Gasteiger partial charge is 0.179 e. The van der Waals surface area contributed by atoms with E-state index in [0.717, 1.165) is 10.2 Å². The molecular formula is C9H10BrFOS. The molecule has 0 amide bonds. The maximum Gasteiger partial charge on any atom is 0.179 e. The van der Waals surface area contributed by atoms with E-state index in [2.05, 4.69) is 15.9 Å². The zero-order valence-corrected chi connectivity index (χ0v) is 9.84. The second-order valence-electron chi connectivity index (χ2n) is 2.33. The van der Waals surface area contributed by atoms with E-state index in [1.54, 1.807) is 12.1 Å². The molecule has 1 aromatic rings. The third-order valence-corrected chi connectivity index (χ3v) is 3.42. The van der Waals surface area contributed by atoms with Crippen molar-refractivity contribution in [1.29, 1.82) is 0 Å². The van der Waals surface area contributed by atoms with Gasteiger partial charge in [-0.2, -0.15) is 0 Å². The summed E-state index contributed by atoms with van der Waals surface area (Å²) in [6, 6.07) is 3.40. The van der Waals surface area contributed by atoms with Crippen molar-refractivity contribution in [3.05, 3.63) is 22.4 Å². The molecule has 0 aliphatic rings. The highest BCUT2D eigenvalue weighted by molar-refractivity contribution is 9.10. The van der Waals surface area contributed by atoms with Crippen molar-refractivity contribution in [2.24, 2.45) is 0 Å². The largest absolute Gasteiger partial charge is 0.494 e. The van der Waals surface area contributed by atoms with Crippen molar-refractivity contribution < 1.29 is 9.13 Å². The molecule has 72 valence electrons. The van der Waals surface area contributed by atoms with Crippen LogP contribution in [0.1, 0.15) is 6.92 Å². The van der Waals surface area contributed by atoms with Crippen LogP contribution < -0.4 is 4.74 Å². The first-order valence-corrected chi connectivity index (χ1v) is 5.63. The average Bonchev–Trinajstić information content (AvgIpc) is 2.12. The highest BCUT2D eigenvalue weighted by Crippen LogP contribution is 2.34. The normalized spacial score (nSPS) is 10.2. The number of ether oxygens (including phenoxy) is 1. The molecule has 4 heteroatoms. The highest BCUT2D eigenvalue weighted by Gasteiger charge is 2.11. The minimum Gasteiger partial charge on any atom is -0.494 e. The van der Waals surface area contributed by atoms with Crippen LogP contribution in [0.2, 0.25) is 0 Å². The van der Waals surface area contributed by atoms with Gasteiger partial charge in [0.25, 0.3) is 0 Å². The maximum atomic E-state index is 13.5. The number of thioether (sulfide) groups is 1. The molecule has 0 aliphatic carbocycles. The van der Waals surface area contributed by atoms with E-state index in [0.29, 0.717) is 10.6 Å². The summed E-state index contributed by atoms with van der Waals surface area (Å²) in [5.41, 5.74) is 0. The molecule has 0 heterocycles. The van der Waals surface area contributed by atoms with E-state index in [1.807, 2.05) is 6.92 Å². The van der Waals surface area contributed by atoms with Gasteiger partial charge in [0.1, 0.15) is 0 Å². The van der Waals surface area contributed by atoms with Crippen molar-refractivity contribution in [1.82, 2.24) is 0 Å². The molecule has 0 saturated heterocycles. The first-order valence-electron chi connectivity index (χ1n) is 3.85. The molecule has 0 atom stereocenters. The van der Waals surface area contributed by atoms with Crippen LogP contribution in [-0.2, 0) is 0 Å². The molecule has 0 saturated carbocycles. The molecule has 1 aromatic carbocycles. The summed E-state index contributed by atoms with van der Waals surface area (Å²) in [5.74, 6) is 0.839. The van der Waals surface area contributed by atoms with Crippen LogP contribution in [0.15, 0.2) is 21.5 Å². The fourth-order valence-electron chi connectivity index (χ4n) is 0.949. The van der Waals surface area contributed by atoms with E-state index in [4.69, 9.17) is 4.74 Å². The molecular weight excluding hydrogens is 255 g/mol. The van der Waals surface area contributed by atoms with Gasteiger partial charge in [-0.25, -0.2) is 4.39 Å². The van der Waals surface area contributed by atoms with E-state index in [9.17, 15) is 4.39 Å². The van der Waals surface area contributed by atoms with E-state index in [1.165, 1.54) is 18.9 Å². The molecule has 0 bridgehead atoms. The summed E-state index contributed by atoms with van der Waals surface area (Å²) in [4.78, 5) is 0.613. The van der Waals surface area contributed by atoms with Crippen molar-refractivity contribution >= 4 is 27.7 Å². The fourth-order valence-corrected chi connectivity index (χ4v) is 2.32. The van der Waals surface area contributed by atoms with Crippen LogP contribution in [0.3, 0.4) is 0 Å². The van der Waals surface area contributed by atoms with Crippen molar-refractivity contribution in [2.45, 2.75) is 11.8 Å². The minimum atomic E-state index is -0.288. The van der Waals surface area contributed by atoms with Crippen LogP contribution in [-0.4, -0.2) is 12.9 Å². The third kappa shape index (κ3) is 2.38. The van der Waals surface area contributed by atoms with Gasteiger partial charge in [0.05, 0.1) is 12.0 Å². The third-order valence-electron chi connectivity index (χ3n) is 1.52. The Morgan fingerprint density at radius 1 is 1.54 bits per heavy atom. The zero-order chi connectivity index (χ0) is 9.84. The summed E-state index contributed by atoms with van der Waals surface area (Å²) < 4.78 is 19.2. The van der Waals surface area contributed by atoms with Crippen LogP contribution in [0.25, 0.3) is 0 Å². The zero-order valence-electron chi connectivity index (χ0n) is 7.43. The van der Waals surface area contributed by atoms with Gasteiger partial charge < -0.3 is 4.74 Å². The van der Waals surface area contributed by atoms with Gasteiger partial charge in [0.15, 0.2) is 11.6 Å². The molecule has 0 aromatic heterocycles. The Hall–Kier alpha value is -0.220. The van der Waals surface area contributed by atoms with Gasteiger partial charge in [0, 0.05) is 4.47 Å². The molecule has 0 fully saturated rings. The van der Waals surface area contributed by atoms with Gasteiger partial charge in [-0.3, -0.25) is 0 Å². The van der Waals surface area contributed by atoms with Gasteiger partial charge >= 0.3 is 0 Å². The predicted octanol–water partition coefficient (Wildman–Crippen LogP) is 3.71. The lowest BCUT2D eigenvalue weighted by Crippen LogP contribution is -1.91. The summed E-state index contributed by atoms with van der Waals surface area (Å²) in [5, 5.41) is 0. The van der Waals surface area contributed by atoms with Gasteiger partial charge in [-0.05, 0) is 33.8 Å². The van der Waals surface area contributed by atoms with Crippen molar-refractivity contribution in [3.8, 4) is 5.75 Å². The second-order valence-corrected chi connectivity index (χ2v) is 4.45. The summed E-state index contributed by atoms with van der Waals surface area (Å²) in [7, 11) is 1.46. The molecule has 0 unspecified atom stereocenters. The fraction of sp³-hybridized carbons (Fsp3) is 0.333. The molecule has 0 radical (unpaired) electrons. The van der Waals surface area contributed by atoms with Gasteiger partial charge in [-0.1, -0.05) is 6.92 Å². The quantitative estimate of drug-likeness (QED) is 0.770. The van der Waals surface area contributed by atoms with Crippen LogP contribution >= 0.6 is 27.7 Å². The van der Waals surface area contributed by atoms with Crippen molar-refractivity contribution in [2.75, 3.05) is 12.9 Å². The SMILES string of the molecule is CCSc1c(Br)ccc(OC)c1F. The molecule has 0 aliphatic heterocycles. The second kappa shape index (κ2) is 4.86.